The molecular formula is C17H21F3N2O4. The van der Waals surface area contributed by atoms with Crippen LogP contribution in [0.4, 0.5) is 13.2 Å². The minimum Gasteiger partial charge on any atom is -0.497 e. The molecule has 1 atom stereocenters. The van der Waals surface area contributed by atoms with E-state index in [-0.39, 0.29) is 22.9 Å². The number of halogens is 3. The normalized spacial score (nSPS) is 20.1. The van der Waals surface area contributed by atoms with Crippen molar-refractivity contribution in [3.05, 3.63) is 24.3 Å². The molecule has 0 aliphatic carbocycles. The number of benzene rings is 1. The lowest BCUT2D eigenvalue weighted by atomic mass is 10.0. The van der Waals surface area contributed by atoms with E-state index in [4.69, 9.17) is 9.47 Å². The molecule has 0 saturated heterocycles. The Labute approximate surface area is 149 Å². The van der Waals surface area contributed by atoms with Crippen molar-refractivity contribution >= 4 is 11.6 Å². The van der Waals surface area contributed by atoms with E-state index in [2.05, 4.69) is 5.10 Å². The highest BCUT2D eigenvalue weighted by molar-refractivity contribution is 5.91. The predicted octanol–water partition coefficient (Wildman–Crippen LogP) is 3.10. The highest BCUT2D eigenvalue weighted by atomic mass is 19.4. The molecular weight excluding hydrogens is 353 g/mol. The first-order valence-corrected chi connectivity index (χ1v) is 8.16. The maximum atomic E-state index is 13.3. The van der Waals surface area contributed by atoms with E-state index in [0.29, 0.717) is 12.2 Å². The molecule has 6 nitrogen and oxygen atoms in total. The Bertz CT molecular complexity index is 661. The molecule has 1 aliphatic heterocycles. The molecule has 1 aromatic carbocycles. The third-order valence-electron chi connectivity index (χ3n) is 3.97. The monoisotopic (exact) mass is 374 g/mol. The van der Waals surface area contributed by atoms with Crippen LogP contribution in [0.25, 0.3) is 0 Å². The molecule has 0 saturated carbocycles. The minimum atomic E-state index is -5.03. The number of amides is 1. The summed E-state index contributed by atoms with van der Waals surface area (Å²) in [5, 5.41) is 13.9. The Morgan fingerprint density at radius 3 is 2.46 bits per heavy atom. The number of aliphatic hydroxyl groups is 1. The van der Waals surface area contributed by atoms with E-state index in [1.54, 1.807) is 12.1 Å². The summed E-state index contributed by atoms with van der Waals surface area (Å²) in [6, 6.07) is 6.20. The molecule has 0 spiro atoms. The van der Waals surface area contributed by atoms with E-state index in [1.807, 2.05) is 6.92 Å². The minimum absolute atomic E-state index is 0.0987. The van der Waals surface area contributed by atoms with Crippen molar-refractivity contribution in [2.24, 2.45) is 5.10 Å². The molecule has 0 aromatic heterocycles. The molecule has 0 unspecified atom stereocenters. The molecule has 1 aromatic rings. The molecule has 0 fully saturated rings. The Hall–Kier alpha value is -2.29. The Morgan fingerprint density at radius 2 is 1.92 bits per heavy atom. The van der Waals surface area contributed by atoms with Gasteiger partial charge in [0.05, 0.1) is 7.11 Å². The number of hydrogen-bond acceptors (Lipinski definition) is 5. The lowest BCUT2D eigenvalue weighted by Gasteiger charge is -2.32. The fraction of sp³-hybridized carbons (Fsp3) is 0.529. The number of unbranched alkanes of at least 4 members (excludes halogenated alkanes) is 1. The molecule has 144 valence electrons. The van der Waals surface area contributed by atoms with E-state index < -0.39 is 30.8 Å². The van der Waals surface area contributed by atoms with E-state index >= 15 is 0 Å². The number of rotatable bonds is 7. The summed E-state index contributed by atoms with van der Waals surface area (Å²) in [6.07, 6.45) is -4.10. The second-order valence-corrected chi connectivity index (χ2v) is 5.93. The van der Waals surface area contributed by atoms with Crippen LogP contribution in [-0.4, -0.2) is 47.4 Å². The van der Waals surface area contributed by atoms with Gasteiger partial charge in [-0.1, -0.05) is 13.3 Å². The summed E-state index contributed by atoms with van der Waals surface area (Å²) >= 11 is 0. The molecule has 1 N–H and O–H groups in total. The van der Waals surface area contributed by atoms with Crippen LogP contribution >= 0.6 is 0 Å². The maximum absolute atomic E-state index is 13.3. The molecule has 9 heteroatoms. The van der Waals surface area contributed by atoms with Crippen LogP contribution in [0.15, 0.2) is 29.4 Å². The van der Waals surface area contributed by atoms with Gasteiger partial charge in [0.15, 0.2) is 6.61 Å². The number of ether oxygens (including phenoxy) is 2. The number of hydrazone groups is 1. The number of nitrogens with zero attached hydrogens (tertiary/aromatic N) is 2. The van der Waals surface area contributed by atoms with Crippen LogP contribution in [0.5, 0.6) is 11.5 Å². The van der Waals surface area contributed by atoms with Gasteiger partial charge < -0.3 is 14.6 Å². The average molecular weight is 374 g/mol. The third-order valence-corrected chi connectivity index (χ3v) is 3.97. The molecule has 1 heterocycles. The smallest absolute Gasteiger partial charge is 0.438 e. The van der Waals surface area contributed by atoms with E-state index in [1.165, 1.54) is 19.2 Å². The standard InChI is InChI=1S/C17H21F3N2O4/c1-3-4-5-12-10-16(24,17(18,19)20)22(21-12)15(23)11-26-14-8-6-13(25-2)7-9-14/h6-9,24H,3-5,10-11H2,1-2H3/t16-/m1/s1. The average Bonchev–Trinajstić information content (AvgIpc) is 2.96. The summed E-state index contributed by atoms with van der Waals surface area (Å²) in [5.41, 5.74) is -3.19. The Balaban J connectivity index is 2.10. The SMILES string of the molecule is CCCCC1=NN(C(=O)COc2ccc(OC)cc2)[C@](O)(C(F)(F)F)C1. The largest absolute Gasteiger partial charge is 0.497 e. The highest BCUT2D eigenvalue weighted by Crippen LogP contribution is 2.41. The van der Waals surface area contributed by atoms with Gasteiger partial charge >= 0.3 is 6.18 Å². The van der Waals surface area contributed by atoms with Crippen molar-refractivity contribution in [1.82, 2.24) is 5.01 Å². The first kappa shape index (κ1) is 20.0. The van der Waals surface area contributed by atoms with Crippen LogP contribution in [0.3, 0.4) is 0 Å². The first-order valence-electron chi connectivity index (χ1n) is 8.16. The molecule has 1 aliphatic rings. The lowest BCUT2D eigenvalue weighted by Crippen LogP contribution is -2.57. The van der Waals surface area contributed by atoms with Gasteiger partial charge in [-0.3, -0.25) is 4.79 Å². The van der Waals surface area contributed by atoms with E-state index in [9.17, 15) is 23.1 Å². The fourth-order valence-corrected chi connectivity index (χ4v) is 2.50. The summed E-state index contributed by atoms with van der Waals surface area (Å²) in [5.74, 6) is -0.226. The van der Waals surface area contributed by atoms with Crippen molar-refractivity contribution in [2.75, 3.05) is 13.7 Å². The second-order valence-electron chi connectivity index (χ2n) is 5.93. The second kappa shape index (κ2) is 7.94. The quantitative estimate of drug-likeness (QED) is 0.796. The zero-order valence-electron chi connectivity index (χ0n) is 14.5. The number of methoxy groups -OCH3 is 1. The highest BCUT2D eigenvalue weighted by Gasteiger charge is 2.63. The van der Waals surface area contributed by atoms with Crippen LogP contribution in [0, 0.1) is 0 Å². The molecule has 0 radical (unpaired) electrons. The van der Waals surface area contributed by atoms with Gasteiger partial charge in [-0.25, -0.2) is 0 Å². The van der Waals surface area contributed by atoms with Gasteiger partial charge in [-0.15, -0.1) is 0 Å². The van der Waals surface area contributed by atoms with Gasteiger partial charge in [0.2, 0.25) is 0 Å². The number of carbonyl (C=O) groups excluding carboxylic acids is 1. The predicted molar refractivity (Wildman–Crippen MR) is 87.9 cm³/mol. The summed E-state index contributed by atoms with van der Waals surface area (Å²) in [4.78, 5) is 12.2. The Morgan fingerprint density at radius 1 is 1.31 bits per heavy atom. The fourth-order valence-electron chi connectivity index (χ4n) is 2.50. The summed E-state index contributed by atoms with van der Waals surface area (Å²) in [7, 11) is 1.48. The first-order chi connectivity index (χ1) is 12.2. The van der Waals surface area contributed by atoms with E-state index in [0.717, 1.165) is 6.42 Å². The van der Waals surface area contributed by atoms with Gasteiger partial charge in [-0.05, 0) is 37.1 Å². The van der Waals surface area contributed by atoms with Gasteiger partial charge in [0.1, 0.15) is 11.5 Å². The molecule has 0 bridgehead atoms. The summed E-state index contributed by atoms with van der Waals surface area (Å²) < 4.78 is 50.2. The topological polar surface area (TPSA) is 71.4 Å². The summed E-state index contributed by atoms with van der Waals surface area (Å²) in [6.45, 7) is 1.20. The van der Waals surface area contributed by atoms with Crippen LogP contribution in [-0.2, 0) is 4.79 Å². The zero-order valence-corrected chi connectivity index (χ0v) is 14.5. The van der Waals surface area contributed by atoms with Crippen LogP contribution in [0.2, 0.25) is 0 Å². The van der Waals surface area contributed by atoms with Crippen molar-refractivity contribution in [3.8, 4) is 11.5 Å². The maximum Gasteiger partial charge on any atom is 0.438 e. The van der Waals surface area contributed by atoms with Gasteiger partial charge in [0, 0.05) is 12.1 Å². The van der Waals surface area contributed by atoms with Crippen molar-refractivity contribution in [3.63, 3.8) is 0 Å². The van der Waals surface area contributed by atoms with Gasteiger partial charge in [-0.2, -0.15) is 23.3 Å². The molecule has 26 heavy (non-hydrogen) atoms. The molecule has 1 amide bonds. The molecule has 2 rings (SSSR count). The van der Waals surface area contributed by atoms with Gasteiger partial charge in [0.25, 0.3) is 11.6 Å². The number of hydrogen-bond donors (Lipinski definition) is 1. The number of carbonyl (C=O) groups is 1. The zero-order chi connectivity index (χ0) is 19.4. The van der Waals surface area contributed by atoms with Crippen molar-refractivity contribution < 1.29 is 32.5 Å². The lowest BCUT2D eigenvalue weighted by molar-refractivity contribution is -0.302. The van der Waals surface area contributed by atoms with Crippen molar-refractivity contribution in [2.45, 2.75) is 44.5 Å². The third kappa shape index (κ3) is 4.27. The number of alkyl halides is 3. The van der Waals surface area contributed by atoms with Crippen LogP contribution < -0.4 is 9.47 Å². The van der Waals surface area contributed by atoms with Crippen LogP contribution in [0.1, 0.15) is 32.6 Å². The Kier molecular flexibility index (Phi) is 6.12. The van der Waals surface area contributed by atoms with Crippen molar-refractivity contribution in [1.29, 1.82) is 0 Å².